The van der Waals surface area contributed by atoms with Crippen molar-refractivity contribution < 1.29 is 39.1 Å². The molecule has 260 valence electrons. The average molecular weight is 694 g/mol. The van der Waals surface area contributed by atoms with Crippen LogP contribution in [0.3, 0.4) is 0 Å². The van der Waals surface area contributed by atoms with Crippen molar-refractivity contribution in [2.75, 3.05) is 11.5 Å². The zero-order valence-corrected chi connectivity index (χ0v) is 28.4. The van der Waals surface area contributed by atoms with E-state index in [1.165, 1.54) is 24.3 Å². The maximum Gasteiger partial charge on any atom is 0.488 e. The van der Waals surface area contributed by atoms with Crippen LogP contribution < -0.4 is 15.1 Å². The second-order valence-electron chi connectivity index (χ2n) is 13.9. The summed E-state index contributed by atoms with van der Waals surface area (Å²) in [6, 6.07) is 29.4. The van der Waals surface area contributed by atoms with Gasteiger partial charge in [-0.1, -0.05) is 90.5 Å². The lowest BCUT2D eigenvalue weighted by atomic mass is 9.44. The fraction of sp³-hybridized carbons (Fsp3) is 0.238. The maximum absolute atomic E-state index is 15.2. The van der Waals surface area contributed by atoms with Gasteiger partial charge in [0, 0.05) is 17.4 Å². The van der Waals surface area contributed by atoms with Crippen LogP contribution in [-0.4, -0.2) is 52.3 Å². The molecule has 52 heavy (non-hydrogen) atoms. The van der Waals surface area contributed by atoms with Crippen molar-refractivity contribution in [3.63, 3.8) is 0 Å². The van der Waals surface area contributed by atoms with E-state index in [1.807, 2.05) is 54.6 Å². The van der Waals surface area contributed by atoms with Crippen LogP contribution in [-0.2, 0) is 24.6 Å². The topological polar surface area (TPSA) is 141 Å². The molecule has 1 saturated heterocycles. The number of imide groups is 1. The van der Waals surface area contributed by atoms with Gasteiger partial charge in [-0.25, -0.2) is 0 Å². The number of carbonyl (C=O) groups excluding carboxylic acids is 4. The number of aromatic hydroxyl groups is 1. The Morgan fingerprint density at radius 3 is 2.29 bits per heavy atom. The fourth-order valence-electron chi connectivity index (χ4n) is 9.31. The molecule has 4 aromatic carbocycles. The first-order chi connectivity index (χ1) is 25.2. The number of allylic oxidation sites excluding steroid dienone is 4. The van der Waals surface area contributed by atoms with Crippen LogP contribution in [0, 0.1) is 23.7 Å². The first-order valence-corrected chi connectivity index (χ1v) is 17.6. The van der Waals surface area contributed by atoms with Gasteiger partial charge in [0.2, 0.25) is 11.8 Å². The third kappa shape index (κ3) is 5.00. The van der Waals surface area contributed by atoms with Crippen LogP contribution >= 0.6 is 0 Å². The second-order valence-corrected chi connectivity index (χ2v) is 13.9. The van der Waals surface area contributed by atoms with E-state index in [1.54, 1.807) is 43.3 Å². The number of benzene rings is 4. The minimum atomic E-state index is -1.79. The molecule has 4 aliphatic rings. The molecule has 6 unspecified atom stereocenters. The standard InChI is InChI=1S/C42H36BNO8/c1-2-52-35-20-25(16-19-34(35)45)38-29-17-18-30-37(41(49)44(40(30)48)28-15-9-14-27(21-28)43(50)51)32(29)22-33-39(47)31(24-10-5-3-6-11-24)23-36(46)42(33,38)26-12-7-4-8-13-26/h3-17,19-21,23,30,32-33,37-38,45,50-51H,2,18,22H2,1H3. The average Bonchev–Trinajstić information content (AvgIpc) is 3.42. The Kier molecular flexibility index (Phi) is 8.31. The van der Waals surface area contributed by atoms with E-state index < -0.39 is 53.9 Å². The van der Waals surface area contributed by atoms with Crippen molar-refractivity contribution in [1.29, 1.82) is 0 Å². The number of fused-ring (bicyclic) bond motifs is 4. The smallest absolute Gasteiger partial charge is 0.488 e. The lowest BCUT2D eigenvalue weighted by Gasteiger charge is -2.55. The Hall–Kier alpha value is -5.58. The highest BCUT2D eigenvalue weighted by molar-refractivity contribution is 6.58. The highest BCUT2D eigenvalue weighted by Crippen LogP contribution is 2.64. The highest BCUT2D eigenvalue weighted by atomic mass is 16.5. The molecule has 2 amide bonds. The molecule has 1 saturated carbocycles. The van der Waals surface area contributed by atoms with E-state index in [0.717, 1.165) is 10.5 Å². The van der Waals surface area contributed by atoms with Crippen LogP contribution in [0.2, 0.25) is 0 Å². The summed E-state index contributed by atoms with van der Waals surface area (Å²) in [6.07, 6.45) is 3.82. The number of nitrogens with zero attached hydrogens (tertiary/aromatic N) is 1. The van der Waals surface area contributed by atoms with Crippen molar-refractivity contribution in [1.82, 2.24) is 0 Å². The van der Waals surface area contributed by atoms with Crippen LogP contribution in [0.15, 0.2) is 121 Å². The summed E-state index contributed by atoms with van der Waals surface area (Å²) in [5.41, 5.74) is 1.97. The summed E-state index contributed by atoms with van der Waals surface area (Å²) in [6.45, 7) is 2.09. The molecular weight excluding hydrogens is 657 g/mol. The number of ether oxygens (including phenoxy) is 1. The number of hydrogen-bond acceptors (Lipinski definition) is 8. The molecule has 3 aliphatic carbocycles. The van der Waals surface area contributed by atoms with Gasteiger partial charge in [0.15, 0.2) is 23.1 Å². The zero-order chi connectivity index (χ0) is 36.3. The van der Waals surface area contributed by atoms with E-state index in [0.29, 0.717) is 22.3 Å². The number of hydrogen-bond donors (Lipinski definition) is 3. The van der Waals surface area contributed by atoms with Gasteiger partial charge >= 0.3 is 7.12 Å². The molecule has 4 aromatic rings. The SMILES string of the molecule is CCOc1cc(C2C3=CCC4C(=O)N(c5cccc(B(O)O)c5)C(=O)C4C3CC3C(=O)C(c4ccccc4)=CC(=O)C32c2ccccc2)ccc1O. The third-order valence-corrected chi connectivity index (χ3v) is 11.4. The Morgan fingerprint density at radius 2 is 1.58 bits per heavy atom. The molecule has 1 aliphatic heterocycles. The fourth-order valence-corrected chi connectivity index (χ4v) is 9.31. The normalized spacial score (nSPS) is 26.6. The number of Topliss-reactive ketones (excluding diaryl/α,β-unsaturated/α-hetero) is 1. The van der Waals surface area contributed by atoms with Crippen molar-refractivity contribution in [3.05, 3.63) is 138 Å². The molecule has 6 atom stereocenters. The molecule has 8 rings (SSSR count). The van der Waals surface area contributed by atoms with Gasteiger partial charge in [-0.3, -0.25) is 24.1 Å². The van der Waals surface area contributed by atoms with Crippen molar-refractivity contribution in [2.45, 2.75) is 31.1 Å². The van der Waals surface area contributed by atoms with Gasteiger partial charge in [-0.05, 0) is 78.2 Å². The summed E-state index contributed by atoms with van der Waals surface area (Å²) in [5.74, 6) is -4.93. The number of amides is 2. The number of ketones is 2. The summed E-state index contributed by atoms with van der Waals surface area (Å²) < 4.78 is 5.82. The Labute approximate surface area is 301 Å². The Morgan fingerprint density at radius 1 is 0.846 bits per heavy atom. The van der Waals surface area contributed by atoms with E-state index in [9.17, 15) is 24.7 Å². The molecule has 10 heteroatoms. The summed E-state index contributed by atoms with van der Waals surface area (Å²) in [5, 5.41) is 30.4. The summed E-state index contributed by atoms with van der Waals surface area (Å²) >= 11 is 0. The highest BCUT2D eigenvalue weighted by Gasteiger charge is 2.66. The molecule has 0 bridgehead atoms. The summed E-state index contributed by atoms with van der Waals surface area (Å²) in [7, 11) is -1.79. The van der Waals surface area contributed by atoms with E-state index in [2.05, 4.69) is 0 Å². The monoisotopic (exact) mass is 693 g/mol. The zero-order valence-electron chi connectivity index (χ0n) is 28.4. The van der Waals surface area contributed by atoms with Crippen molar-refractivity contribution >= 4 is 47.2 Å². The minimum Gasteiger partial charge on any atom is -0.504 e. The van der Waals surface area contributed by atoms with Crippen LogP contribution in [0.5, 0.6) is 11.5 Å². The van der Waals surface area contributed by atoms with Gasteiger partial charge in [0.25, 0.3) is 0 Å². The van der Waals surface area contributed by atoms with Crippen molar-refractivity contribution in [2.24, 2.45) is 23.7 Å². The molecule has 0 aromatic heterocycles. The van der Waals surface area contributed by atoms with E-state index >= 15 is 9.59 Å². The Bertz CT molecular complexity index is 2180. The van der Waals surface area contributed by atoms with E-state index in [-0.39, 0.29) is 53.7 Å². The summed E-state index contributed by atoms with van der Waals surface area (Å²) in [4.78, 5) is 60.1. The molecular formula is C42H36BNO8. The predicted octanol–water partition coefficient (Wildman–Crippen LogP) is 4.50. The quantitative estimate of drug-likeness (QED) is 0.146. The number of anilines is 1. The second kappa shape index (κ2) is 12.9. The first-order valence-electron chi connectivity index (χ1n) is 17.6. The molecule has 2 fully saturated rings. The molecule has 1 heterocycles. The molecule has 3 N–H and O–H groups in total. The minimum absolute atomic E-state index is 0.0688. The van der Waals surface area contributed by atoms with Gasteiger partial charge in [0.1, 0.15) is 0 Å². The predicted molar refractivity (Wildman–Crippen MR) is 195 cm³/mol. The van der Waals surface area contributed by atoms with Crippen molar-refractivity contribution in [3.8, 4) is 11.5 Å². The van der Waals surface area contributed by atoms with Gasteiger partial charge < -0.3 is 19.9 Å². The number of rotatable bonds is 7. The number of carbonyl (C=O) groups is 4. The lowest BCUT2D eigenvalue weighted by molar-refractivity contribution is -0.135. The largest absolute Gasteiger partial charge is 0.504 e. The lowest BCUT2D eigenvalue weighted by Crippen LogP contribution is -2.58. The number of phenolic OH excluding ortho intramolecular Hbond substituents is 1. The van der Waals surface area contributed by atoms with E-state index in [4.69, 9.17) is 4.74 Å². The van der Waals surface area contributed by atoms with Gasteiger partial charge in [-0.2, -0.15) is 0 Å². The molecule has 0 spiro atoms. The van der Waals surface area contributed by atoms with Gasteiger partial charge in [-0.15, -0.1) is 0 Å². The molecule has 0 radical (unpaired) electrons. The van der Waals surface area contributed by atoms with Crippen LogP contribution in [0.4, 0.5) is 5.69 Å². The number of phenols is 1. The maximum atomic E-state index is 15.2. The molecule has 9 nitrogen and oxygen atoms in total. The third-order valence-electron chi connectivity index (χ3n) is 11.4. The first kappa shape index (κ1) is 33.6. The van der Waals surface area contributed by atoms with Gasteiger partial charge in [0.05, 0.1) is 29.5 Å². The van der Waals surface area contributed by atoms with Crippen LogP contribution in [0.25, 0.3) is 5.57 Å². The van der Waals surface area contributed by atoms with Crippen LogP contribution in [0.1, 0.15) is 42.4 Å². The Balaban J connectivity index is 1.35.